The zero-order valence-electron chi connectivity index (χ0n) is 9.72. The third-order valence-corrected chi connectivity index (χ3v) is 2.19. The molecule has 0 aromatic heterocycles. The van der Waals surface area contributed by atoms with Crippen LogP contribution in [0.25, 0.3) is 6.08 Å². The molecule has 0 fully saturated rings. The van der Waals surface area contributed by atoms with Gasteiger partial charge in [0.05, 0.1) is 0 Å². The highest BCUT2D eigenvalue weighted by Gasteiger charge is 2.01. The fourth-order valence-electron chi connectivity index (χ4n) is 1.29. The van der Waals surface area contributed by atoms with E-state index in [4.69, 9.17) is 6.42 Å². The second-order valence-electron chi connectivity index (χ2n) is 3.90. The first-order valence-electron chi connectivity index (χ1n) is 5.19. The lowest BCUT2D eigenvalue weighted by molar-refractivity contribution is 0.238. The molecule has 1 aromatic rings. The monoisotopic (exact) mass is 215 g/mol. The van der Waals surface area contributed by atoms with E-state index in [1.807, 2.05) is 44.4 Å². The smallest absolute Gasteiger partial charge is 0.139 e. The summed E-state index contributed by atoms with van der Waals surface area (Å²) in [6.45, 7) is 0.911. The number of aliphatic hydroxyl groups excluding tert-OH is 1. The van der Waals surface area contributed by atoms with Gasteiger partial charge in [0.25, 0.3) is 0 Å². The first kappa shape index (κ1) is 12.5. The van der Waals surface area contributed by atoms with E-state index in [2.05, 4.69) is 16.9 Å². The normalized spacial score (nSPS) is 12.9. The minimum Gasteiger partial charge on any atom is -0.376 e. The fourth-order valence-corrected chi connectivity index (χ4v) is 1.29. The van der Waals surface area contributed by atoms with Crippen molar-refractivity contribution in [3.05, 3.63) is 41.5 Å². The standard InChI is InChI=1S/C14H17NO/c1-4-14(16)13-9-7-12(8-10-13)6-5-11-15(2)3/h1,5-10,14,16H,11H2,2-3H3/b6-5+. The zero-order chi connectivity index (χ0) is 12.0. The first-order valence-corrected chi connectivity index (χ1v) is 5.19. The van der Waals surface area contributed by atoms with Crippen molar-refractivity contribution in [2.75, 3.05) is 20.6 Å². The highest BCUT2D eigenvalue weighted by molar-refractivity contribution is 5.50. The van der Waals surface area contributed by atoms with Gasteiger partial charge < -0.3 is 10.0 Å². The van der Waals surface area contributed by atoms with Crippen LogP contribution in [-0.4, -0.2) is 30.6 Å². The summed E-state index contributed by atoms with van der Waals surface area (Å²) < 4.78 is 0. The number of terminal acetylenes is 1. The Kier molecular flexibility index (Phi) is 4.78. The van der Waals surface area contributed by atoms with Crippen LogP contribution in [0.2, 0.25) is 0 Å². The molecule has 0 bridgehead atoms. The van der Waals surface area contributed by atoms with Gasteiger partial charge in [-0.2, -0.15) is 0 Å². The SMILES string of the molecule is C#CC(O)c1ccc(/C=C/CN(C)C)cc1. The van der Waals surface area contributed by atoms with Gasteiger partial charge in [-0.1, -0.05) is 42.3 Å². The number of aliphatic hydroxyl groups is 1. The van der Waals surface area contributed by atoms with Gasteiger partial charge in [0.2, 0.25) is 0 Å². The van der Waals surface area contributed by atoms with Crippen molar-refractivity contribution in [2.45, 2.75) is 6.10 Å². The van der Waals surface area contributed by atoms with E-state index in [0.29, 0.717) is 0 Å². The van der Waals surface area contributed by atoms with Gasteiger partial charge >= 0.3 is 0 Å². The van der Waals surface area contributed by atoms with E-state index in [1.165, 1.54) is 0 Å². The van der Waals surface area contributed by atoms with E-state index in [-0.39, 0.29) is 0 Å². The van der Waals surface area contributed by atoms with E-state index in [9.17, 15) is 5.11 Å². The molecular formula is C14H17NO. The van der Waals surface area contributed by atoms with Gasteiger partial charge in [-0.3, -0.25) is 0 Å². The maximum Gasteiger partial charge on any atom is 0.139 e. The average Bonchev–Trinajstić information content (AvgIpc) is 2.28. The number of likely N-dealkylation sites (N-methyl/N-ethyl adjacent to an activating group) is 1. The third kappa shape index (κ3) is 3.90. The second kappa shape index (κ2) is 6.12. The van der Waals surface area contributed by atoms with Gasteiger partial charge in [0.1, 0.15) is 6.10 Å². The molecular weight excluding hydrogens is 198 g/mol. The van der Waals surface area contributed by atoms with Crippen molar-refractivity contribution < 1.29 is 5.11 Å². The Labute approximate surface area is 97.2 Å². The Morgan fingerprint density at radius 2 is 2.00 bits per heavy atom. The van der Waals surface area contributed by atoms with Gasteiger partial charge in [-0.15, -0.1) is 6.42 Å². The molecule has 0 spiro atoms. The Morgan fingerprint density at radius 1 is 1.38 bits per heavy atom. The molecule has 0 aliphatic heterocycles. The lowest BCUT2D eigenvalue weighted by atomic mass is 10.1. The number of rotatable bonds is 4. The minimum absolute atomic E-state index is 0.757. The Morgan fingerprint density at radius 3 is 2.50 bits per heavy atom. The molecule has 0 heterocycles. The predicted octanol–water partition coefficient (Wildman–Crippen LogP) is 1.93. The maximum absolute atomic E-state index is 9.41. The summed E-state index contributed by atoms with van der Waals surface area (Å²) in [7, 11) is 4.05. The van der Waals surface area contributed by atoms with Crippen LogP contribution in [0.4, 0.5) is 0 Å². The number of hydrogen-bond donors (Lipinski definition) is 1. The molecule has 1 unspecified atom stereocenters. The van der Waals surface area contributed by atoms with Crippen molar-refractivity contribution in [1.29, 1.82) is 0 Å². The lowest BCUT2D eigenvalue weighted by Crippen LogP contribution is -2.10. The third-order valence-electron chi connectivity index (χ3n) is 2.19. The Balaban J connectivity index is 2.65. The van der Waals surface area contributed by atoms with Gasteiger partial charge in [-0.05, 0) is 25.2 Å². The number of hydrogen-bond acceptors (Lipinski definition) is 2. The average molecular weight is 215 g/mol. The highest BCUT2D eigenvalue weighted by Crippen LogP contribution is 2.13. The summed E-state index contributed by atoms with van der Waals surface area (Å²) in [6, 6.07) is 7.59. The lowest BCUT2D eigenvalue weighted by Gasteiger charge is -2.05. The van der Waals surface area contributed by atoms with Crippen molar-refractivity contribution >= 4 is 6.08 Å². The maximum atomic E-state index is 9.41. The molecule has 1 aromatic carbocycles. The van der Waals surface area contributed by atoms with Gasteiger partial charge in [0, 0.05) is 6.54 Å². The molecule has 1 atom stereocenters. The molecule has 0 saturated carbocycles. The fraction of sp³-hybridized carbons (Fsp3) is 0.286. The van der Waals surface area contributed by atoms with Crippen molar-refractivity contribution in [1.82, 2.24) is 4.90 Å². The molecule has 1 N–H and O–H groups in total. The van der Waals surface area contributed by atoms with E-state index in [1.54, 1.807) is 0 Å². The van der Waals surface area contributed by atoms with E-state index >= 15 is 0 Å². The quantitative estimate of drug-likeness (QED) is 0.776. The van der Waals surface area contributed by atoms with Crippen LogP contribution in [0.3, 0.4) is 0 Å². The Hall–Kier alpha value is -1.56. The van der Waals surface area contributed by atoms with Crippen LogP contribution in [0, 0.1) is 12.3 Å². The van der Waals surface area contributed by atoms with Crippen molar-refractivity contribution in [3.63, 3.8) is 0 Å². The largest absolute Gasteiger partial charge is 0.376 e. The number of nitrogens with zero attached hydrogens (tertiary/aromatic N) is 1. The van der Waals surface area contributed by atoms with E-state index < -0.39 is 6.10 Å². The molecule has 0 saturated heterocycles. The van der Waals surface area contributed by atoms with Crippen LogP contribution in [0.15, 0.2) is 30.3 Å². The molecule has 0 aliphatic carbocycles. The summed E-state index contributed by atoms with van der Waals surface area (Å²) in [5.74, 6) is 2.29. The number of benzene rings is 1. The molecule has 2 nitrogen and oxygen atoms in total. The molecule has 0 radical (unpaired) electrons. The van der Waals surface area contributed by atoms with Crippen LogP contribution >= 0.6 is 0 Å². The molecule has 84 valence electrons. The molecule has 0 aliphatic rings. The minimum atomic E-state index is -0.806. The molecule has 1 rings (SSSR count). The summed E-state index contributed by atoms with van der Waals surface area (Å²) in [5.41, 5.74) is 1.86. The van der Waals surface area contributed by atoms with Crippen molar-refractivity contribution in [3.8, 4) is 12.3 Å². The first-order chi connectivity index (χ1) is 7.63. The topological polar surface area (TPSA) is 23.5 Å². The second-order valence-corrected chi connectivity index (χ2v) is 3.90. The predicted molar refractivity (Wildman–Crippen MR) is 67.8 cm³/mol. The molecule has 16 heavy (non-hydrogen) atoms. The van der Waals surface area contributed by atoms with E-state index in [0.717, 1.165) is 17.7 Å². The zero-order valence-corrected chi connectivity index (χ0v) is 9.72. The van der Waals surface area contributed by atoms with Gasteiger partial charge in [0.15, 0.2) is 0 Å². The van der Waals surface area contributed by atoms with Crippen LogP contribution in [0.5, 0.6) is 0 Å². The van der Waals surface area contributed by atoms with Crippen LogP contribution in [0.1, 0.15) is 17.2 Å². The summed E-state index contributed by atoms with van der Waals surface area (Å²) in [5, 5.41) is 9.41. The summed E-state index contributed by atoms with van der Waals surface area (Å²) in [4.78, 5) is 2.09. The highest BCUT2D eigenvalue weighted by atomic mass is 16.3. The molecule has 2 heteroatoms. The Bertz CT molecular complexity index is 384. The molecule has 0 amide bonds. The van der Waals surface area contributed by atoms with Gasteiger partial charge in [-0.25, -0.2) is 0 Å². The van der Waals surface area contributed by atoms with Crippen LogP contribution < -0.4 is 0 Å². The summed E-state index contributed by atoms with van der Waals surface area (Å²) >= 11 is 0. The van der Waals surface area contributed by atoms with Crippen LogP contribution in [-0.2, 0) is 0 Å². The van der Waals surface area contributed by atoms with Crippen molar-refractivity contribution in [2.24, 2.45) is 0 Å². The summed E-state index contributed by atoms with van der Waals surface area (Å²) in [6.07, 6.45) is 8.47.